The van der Waals surface area contributed by atoms with Crippen molar-refractivity contribution in [2.75, 3.05) is 0 Å². The lowest BCUT2D eigenvalue weighted by Gasteiger charge is -2.17. The predicted molar refractivity (Wildman–Crippen MR) is 119 cm³/mol. The van der Waals surface area contributed by atoms with Gasteiger partial charge in [-0.3, -0.25) is 4.79 Å². The molecule has 0 aromatic heterocycles. The molecule has 4 heteroatoms. The van der Waals surface area contributed by atoms with Crippen LogP contribution in [-0.4, -0.2) is 28.4 Å². The van der Waals surface area contributed by atoms with Gasteiger partial charge in [0.1, 0.15) is 0 Å². The van der Waals surface area contributed by atoms with Crippen molar-refractivity contribution in [3.63, 3.8) is 0 Å². The van der Waals surface area contributed by atoms with E-state index in [0.29, 0.717) is 13.0 Å². The number of hydrogen-bond acceptors (Lipinski definition) is 3. The minimum absolute atomic E-state index is 0.0286. The van der Waals surface area contributed by atoms with Gasteiger partial charge in [-0.05, 0) is 31.2 Å². The Labute approximate surface area is 177 Å². The summed E-state index contributed by atoms with van der Waals surface area (Å²) in [6.45, 7) is 2.67. The first-order chi connectivity index (χ1) is 14.1. The lowest BCUT2D eigenvalue weighted by atomic mass is 10.0. The van der Waals surface area contributed by atoms with Crippen LogP contribution in [0.4, 0.5) is 0 Å². The van der Waals surface area contributed by atoms with E-state index in [1.807, 2.05) is 30.3 Å². The van der Waals surface area contributed by atoms with E-state index in [0.717, 1.165) is 44.1 Å². The van der Waals surface area contributed by atoms with Crippen LogP contribution in [0.25, 0.3) is 0 Å². The van der Waals surface area contributed by atoms with Crippen LogP contribution in [0.5, 0.6) is 0 Å². The molecule has 29 heavy (non-hydrogen) atoms. The Bertz CT molecular complexity index is 503. The normalized spacial score (nSPS) is 13.3. The van der Waals surface area contributed by atoms with Crippen molar-refractivity contribution < 1.29 is 19.7 Å². The summed E-state index contributed by atoms with van der Waals surface area (Å²) in [5.41, 5.74) is 1.13. The second-order valence-corrected chi connectivity index (χ2v) is 8.20. The Hall–Kier alpha value is -1.39. The molecule has 2 unspecified atom stereocenters. The first kappa shape index (κ1) is 25.6. The fourth-order valence-electron chi connectivity index (χ4n) is 3.67. The molecular weight excluding hydrogens is 364 g/mol. The van der Waals surface area contributed by atoms with Gasteiger partial charge in [-0.2, -0.15) is 0 Å². The zero-order chi connectivity index (χ0) is 21.2. The van der Waals surface area contributed by atoms with Gasteiger partial charge in [0, 0.05) is 6.42 Å². The third-order valence-corrected chi connectivity index (χ3v) is 5.44. The van der Waals surface area contributed by atoms with Crippen molar-refractivity contribution in [2.45, 2.75) is 116 Å². The Balaban J connectivity index is 2.07. The van der Waals surface area contributed by atoms with Gasteiger partial charge in [0.25, 0.3) is 0 Å². The van der Waals surface area contributed by atoms with Crippen LogP contribution in [0.1, 0.15) is 102 Å². The Morgan fingerprint density at radius 1 is 0.862 bits per heavy atom. The molecule has 1 rings (SSSR count). The van der Waals surface area contributed by atoms with Crippen molar-refractivity contribution in [3.8, 4) is 0 Å². The molecule has 0 fully saturated rings. The lowest BCUT2D eigenvalue weighted by molar-refractivity contribution is -0.138. The van der Waals surface area contributed by atoms with E-state index < -0.39 is 5.97 Å². The van der Waals surface area contributed by atoms with Crippen LogP contribution in [0, 0.1) is 0 Å². The summed E-state index contributed by atoms with van der Waals surface area (Å²) in [7, 11) is 0. The highest BCUT2D eigenvalue weighted by atomic mass is 16.5. The molecule has 1 aromatic rings. The molecular formula is C25H42O4. The number of hydrogen-bond donors (Lipinski definition) is 2. The van der Waals surface area contributed by atoms with Crippen LogP contribution in [0.15, 0.2) is 30.3 Å². The highest BCUT2D eigenvalue weighted by Gasteiger charge is 2.11. The second kappa shape index (κ2) is 17.5. The maximum atomic E-state index is 10.9. The van der Waals surface area contributed by atoms with E-state index in [1.165, 1.54) is 38.5 Å². The van der Waals surface area contributed by atoms with Crippen LogP contribution >= 0.6 is 0 Å². The minimum atomic E-state index is -0.750. The maximum Gasteiger partial charge on any atom is 0.303 e. The predicted octanol–water partition coefficient (Wildman–Crippen LogP) is 6.50. The highest BCUT2D eigenvalue weighted by Crippen LogP contribution is 2.17. The van der Waals surface area contributed by atoms with Gasteiger partial charge in [0.2, 0.25) is 0 Å². The molecule has 0 radical (unpaired) electrons. The molecule has 0 saturated heterocycles. The van der Waals surface area contributed by atoms with Gasteiger partial charge < -0.3 is 14.9 Å². The number of rotatable bonds is 19. The average molecular weight is 407 g/mol. The number of benzene rings is 1. The van der Waals surface area contributed by atoms with Gasteiger partial charge in [-0.15, -0.1) is 0 Å². The van der Waals surface area contributed by atoms with Crippen LogP contribution < -0.4 is 0 Å². The summed E-state index contributed by atoms with van der Waals surface area (Å²) in [4.78, 5) is 10.9. The number of aliphatic hydroxyl groups is 1. The topological polar surface area (TPSA) is 66.8 Å². The Kier molecular flexibility index (Phi) is 15.4. The molecule has 2 N–H and O–H groups in total. The Morgan fingerprint density at radius 3 is 2.03 bits per heavy atom. The van der Waals surface area contributed by atoms with E-state index in [4.69, 9.17) is 9.84 Å². The molecule has 0 saturated carbocycles. The molecule has 1 aromatic carbocycles. The fourth-order valence-corrected chi connectivity index (χ4v) is 3.67. The van der Waals surface area contributed by atoms with Gasteiger partial charge in [0.05, 0.1) is 18.8 Å². The Morgan fingerprint density at radius 2 is 1.45 bits per heavy atom. The zero-order valence-corrected chi connectivity index (χ0v) is 18.4. The average Bonchev–Trinajstić information content (AvgIpc) is 2.71. The summed E-state index contributed by atoms with van der Waals surface area (Å²) in [5, 5.41) is 18.7. The van der Waals surface area contributed by atoms with Crippen LogP contribution in [0.2, 0.25) is 0 Å². The van der Waals surface area contributed by atoms with Crippen molar-refractivity contribution in [1.29, 1.82) is 0 Å². The van der Waals surface area contributed by atoms with Gasteiger partial charge >= 0.3 is 5.97 Å². The molecule has 0 aliphatic heterocycles. The number of aliphatic hydroxyl groups excluding tert-OH is 1. The van der Waals surface area contributed by atoms with E-state index in [2.05, 4.69) is 6.92 Å². The molecule has 0 amide bonds. The quantitative estimate of drug-likeness (QED) is 0.257. The minimum Gasteiger partial charge on any atom is -0.481 e. The molecule has 4 nitrogen and oxygen atoms in total. The second-order valence-electron chi connectivity index (χ2n) is 8.20. The number of unbranched alkanes of at least 4 members (excludes halogenated alkanes) is 7. The van der Waals surface area contributed by atoms with Crippen LogP contribution in [-0.2, 0) is 16.1 Å². The number of aliphatic carboxylic acids is 1. The number of carboxylic acid groups (broad SMARTS) is 1. The van der Waals surface area contributed by atoms with Crippen molar-refractivity contribution in [3.05, 3.63) is 35.9 Å². The molecule has 0 bridgehead atoms. The molecule has 0 heterocycles. The molecule has 0 spiro atoms. The van der Waals surface area contributed by atoms with E-state index in [1.54, 1.807) is 0 Å². The summed E-state index contributed by atoms with van der Waals surface area (Å²) in [5.74, 6) is -0.750. The third kappa shape index (κ3) is 15.2. The van der Waals surface area contributed by atoms with Crippen molar-refractivity contribution in [2.24, 2.45) is 0 Å². The van der Waals surface area contributed by atoms with Gasteiger partial charge in [-0.1, -0.05) is 95.0 Å². The number of carbonyl (C=O) groups is 1. The smallest absolute Gasteiger partial charge is 0.303 e. The highest BCUT2D eigenvalue weighted by molar-refractivity contribution is 5.66. The SMILES string of the molecule is CCCC(O)CCCCCCCCCCC(CCC(=O)O)OCc1ccccc1. The van der Waals surface area contributed by atoms with Crippen molar-refractivity contribution in [1.82, 2.24) is 0 Å². The summed E-state index contributed by atoms with van der Waals surface area (Å²) >= 11 is 0. The fraction of sp³-hybridized carbons (Fsp3) is 0.720. The zero-order valence-electron chi connectivity index (χ0n) is 18.4. The molecule has 166 valence electrons. The monoisotopic (exact) mass is 406 g/mol. The maximum absolute atomic E-state index is 10.9. The number of ether oxygens (including phenoxy) is 1. The standard InChI is InChI=1S/C25H42O4/c1-2-14-23(26)17-12-7-5-3-4-6-8-13-18-24(19-20-25(27)28)29-21-22-15-10-9-11-16-22/h9-11,15-16,23-24,26H,2-8,12-14,17-21H2,1H3,(H,27,28). The van der Waals surface area contributed by atoms with E-state index in [-0.39, 0.29) is 18.6 Å². The van der Waals surface area contributed by atoms with Crippen molar-refractivity contribution >= 4 is 5.97 Å². The van der Waals surface area contributed by atoms with Gasteiger partial charge in [0.15, 0.2) is 0 Å². The van der Waals surface area contributed by atoms with Gasteiger partial charge in [-0.25, -0.2) is 0 Å². The third-order valence-electron chi connectivity index (χ3n) is 5.44. The summed E-state index contributed by atoms with van der Waals surface area (Å²) < 4.78 is 6.00. The molecule has 0 aliphatic rings. The first-order valence-corrected chi connectivity index (χ1v) is 11.7. The molecule has 2 atom stereocenters. The largest absolute Gasteiger partial charge is 0.481 e. The summed E-state index contributed by atoms with van der Waals surface area (Å²) in [6.07, 6.45) is 14.3. The summed E-state index contributed by atoms with van der Waals surface area (Å²) in [6, 6.07) is 10.1. The molecule has 0 aliphatic carbocycles. The lowest BCUT2D eigenvalue weighted by Crippen LogP contribution is -2.15. The first-order valence-electron chi connectivity index (χ1n) is 11.7. The van der Waals surface area contributed by atoms with E-state index >= 15 is 0 Å². The number of carboxylic acids is 1. The van der Waals surface area contributed by atoms with Crippen LogP contribution in [0.3, 0.4) is 0 Å². The van der Waals surface area contributed by atoms with E-state index in [9.17, 15) is 9.90 Å².